The van der Waals surface area contributed by atoms with Crippen LogP contribution in [-0.2, 0) is 12.7 Å². The van der Waals surface area contributed by atoms with Gasteiger partial charge in [0.25, 0.3) is 0 Å². The van der Waals surface area contributed by atoms with Gasteiger partial charge in [0.05, 0.1) is 17.5 Å². The summed E-state index contributed by atoms with van der Waals surface area (Å²) >= 11 is 0. The number of anilines is 2. The number of alkyl halides is 3. The van der Waals surface area contributed by atoms with Gasteiger partial charge in [-0.3, -0.25) is 0 Å². The van der Waals surface area contributed by atoms with E-state index < -0.39 is 11.7 Å². The Morgan fingerprint density at radius 3 is 2.50 bits per heavy atom. The number of pyridine rings is 1. The molecule has 132 valence electrons. The van der Waals surface area contributed by atoms with Crippen molar-refractivity contribution < 1.29 is 17.6 Å². The van der Waals surface area contributed by atoms with Crippen molar-refractivity contribution in [3.05, 3.63) is 65.4 Å². The molecule has 3 N–H and O–H groups in total. The van der Waals surface area contributed by atoms with Crippen molar-refractivity contribution in [2.75, 3.05) is 11.1 Å². The van der Waals surface area contributed by atoms with E-state index in [4.69, 9.17) is 10.2 Å². The van der Waals surface area contributed by atoms with Gasteiger partial charge < -0.3 is 15.5 Å². The van der Waals surface area contributed by atoms with Gasteiger partial charge in [0.15, 0.2) is 5.76 Å². The predicted octanol–water partition coefficient (Wildman–Crippen LogP) is 4.43. The zero-order valence-corrected chi connectivity index (χ0v) is 13.3. The minimum absolute atomic E-state index is 0.185. The standard InChI is InChI=1S/C18H13F3N4O/c19-18(20,21)12-5-3-11(4-6-12)10-24-14-8-16(23)25-17(13(14)9-22)15-2-1-7-26-15/h1-8H,10H2,(H3,23,24,25). The molecule has 0 fully saturated rings. The number of hydrogen-bond donors (Lipinski definition) is 2. The van der Waals surface area contributed by atoms with Gasteiger partial charge >= 0.3 is 6.18 Å². The molecule has 0 aliphatic rings. The highest BCUT2D eigenvalue weighted by molar-refractivity contribution is 5.74. The van der Waals surface area contributed by atoms with Gasteiger partial charge in [0.1, 0.15) is 23.1 Å². The van der Waals surface area contributed by atoms with Crippen molar-refractivity contribution in [3.63, 3.8) is 0 Å². The molecule has 1 aromatic carbocycles. The maximum Gasteiger partial charge on any atom is 0.416 e. The summed E-state index contributed by atoms with van der Waals surface area (Å²) < 4.78 is 43.1. The molecule has 3 rings (SSSR count). The summed E-state index contributed by atoms with van der Waals surface area (Å²) in [6.45, 7) is 0.216. The summed E-state index contributed by atoms with van der Waals surface area (Å²) in [5.41, 5.74) is 6.66. The fourth-order valence-electron chi connectivity index (χ4n) is 2.42. The predicted molar refractivity (Wildman–Crippen MR) is 89.8 cm³/mol. The average Bonchev–Trinajstić information content (AvgIpc) is 3.13. The molecule has 0 unspecified atom stereocenters. The normalized spacial score (nSPS) is 11.2. The van der Waals surface area contributed by atoms with Crippen LogP contribution >= 0.6 is 0 Å². The summed E-state index contributed by atoms with van der Waals surface area (Å²) in [7, 11) is 0. The smallest absolute Gasteiger partial charge is 0.416 e. The Morgan fingerprint density at radius 2 is 1.92 bits per heavy atom. The number of nitrogens with zero attached hydrogens (tertiary/aromatic N) is 2. The maximum absolute atomic E-state index is 12.6. The zero-order chi connectivity index (χ0) is 18.7. The monoisotopic (exact) mass is 358 g/mol. The molecular formula is C18H13F3N4O. The number of aromatic nitrogens is 1. The third kappa shape index (κ3) is 3.62. The number of nitrogens with one attached hydrogen (secondary N) is 1. The Labute approximate surface area is 146 Å². The molecule has 3 aromatic rings. The molecule has 0 bridgehead atoms. The van der Waals surface area contributed by atoms with Crippen molar-refractivity contribution in [2.24, 2.45) is 0 Å². The minimum Gasteiger partial charge on any atom is -0.463 e. The van der Waals surface area contributed by atoms with Crippen LogP contribution in [0.25, 0.3) is 11.5 Å². The number of benzene rings is 1. The summed E-state index contributed by atoms with van der Waals surface area (Å²) in [6, 6.07) is 11.6. The van der Waals surface area contributed by atoms with Crippen LogP contribution in [0.5, 0.6) is 0 Å². The van der Waals surface area contributed by atoms with Gasteiger partial charge in [-0.25, -0.2) is 4.98 Å². The first-order valence-corrected chi connectivity index (χ1v) is 7.53. The number of halogens is 3. The highest BCUT2D eigenvalue weighted by Gasteiger charge is 2.29. The molecule has 26 heavy (non-hydrogen) atoms. The summed E-state index contributed by atoms with van der Waals surface area (Å²) in [4.78, 5) is 4.14. The lowest BCUT2D eigenvalue weighted by Gasteiger charge is -2.12. The first kappa shape index (κ1) is 17.4. The third-order valence-corrected chi connectivity index (χ3v) is 3.67. The van der Waals surface area contributed by atoms with Crippen molar-refractivity contribution >= 4 is 11.5 Å². The Bertz CT molecular complexity index is 942. The molecule has 2 aromatic heterocycles. The molecule has 0 amide bonds. The van der Waals surface area contributed by atoms with E-state index in [0.717, 1.165) is 12.1 Å². The number of nitrogens with two attached hydrogens (primary N) is 1. The van der Waals surface area contributed by atoms with Crippen LogP contribution in [-0.4, -0.2) is 4.98 Å². The van der Waals surface area contributed by atoms with E-state index in [9.17, 15) is 18.4 Å². The highest BCUT2D eigenvalue weighted by Crippen LogP contribution is 2.31. The zero-order valence-electron chi connectivity index (χ0n) is 13.3. The topological polar surface area (TPSA) is 87.9 Å². The molecular weight excluding hydrogens is 345 g/mol. The second kappa shape index (κ2) is 6.80. The molecule has 0 spiro atoms. The Hall–Kier alpha value is -3.47. The van der Waals surface area contributed by atoms with Gasteiger partial charge in [-0.15, -0.1) is 0 Å². The van der Waals surface area contributed by atoms with Crippen LogP contribution in [0.3, 0.4) is 0 Å². The number of nitriles is 1. The van der Waals surface area contributed by atoms with Crippen LogP contribution in [0, 0.1) is 11.3 Å². The molecule has 2 heterocycles. The molecule has 0 saturated heterocycles. The van der Waals surface area contributed by atoms with E-state index >= 15 is 0 Å². The summed E-state index contributed by atoms with van der Waals surface area (Å²) in [5.74, 6) is 0.580. The minimum atomic E-state index is -4.38. The molecule has 5 nitrogen and oxygen atoms in total. The number of furan rings is 1. The maximum atomic E-state index is 12.6. The van der Waals surface area contributed by atoms with Gasteiger partial charge in [-0.1, -0.05) is 12.1 Å². The summed E-state index contributed by atoms with van der Waals surface area (Å²) in [5, 5.41) is 12.5. The van der Waals surface area contributed by atoms with Gasteiger partial charge in [-0.05, 0) is 29.8 Å². The van der Waals surface area contributed by atoms with Crippen molar-refractivity contribution in [2.45, 2.75) is 12.7 Å². The third-order valence-electron chi connectivity index (χ3n) is 3.67. The Morgan fingerprint density at radius 1 is 1.19 bits per heavy atom. The first-order chi connectivity index (χ1) is 12.4. The molecule has 0 atom stereocenters. The SMILES string of the molecule is N#Cc1c(NCc2ccc(C(F)(F)F)cc2)cc(N)nc1-c1ccco1. The summed E-state index contributed by atoms with van der Waals surface area (Å²) in [6.07, 6.45) is -2.92. The van der Waals surface area contributed by atoms with Gasteiger partial charge in [-0.2, -0.15) is 18.4 Å². The number of hydrogen-bond acceptors (Lipinski definition) is 5. The lowest BCUT2D eigenvalue weighted by molar-refractivity contribution is -0.137. The van der Waals surface area contributed by atoms with E-state index in [1.165, 1.54) is 24.5 Å². The van der Waals surface area contributed by atoms with E-state index in [2.05, 4.69) is 16.4 Å². The second-order valence-electron chi connectivity index (χ2n) is 5.46. The number of nitrogen functional groups attached to an aromatic ring is 1. The van der Waals surface area contributed by atoms with E-state index in [0.29, 0.717) is 22.7 Å². The Kier molecular flexibility index (Phi) is 4.54. The molecule has 0 saturated carbocycles. The largest absolute Gasteiger partial charge is 0.463 e. The first-order valence-electron chi connectivity index (χ1n) is 7.53. The van der Waals surface area contributed by atoms with Crippen LogP contribution < -0.4 is 11.1 Å². The van der Waals surface area contributed by atoms with Crippen molar-refractivity contribution in [1.82, 2.24) is 4.98 Å². The lowest BCUT2D eigenvalue weighted by Crippen LogP contribution is -2.07. The number of rotatable bonds is 4. The molecule has 0 aliphatic carbocycles. The van der Waals surface area contributed by atoms with Gasteiger partial charge in [0, 0.05) is 12.6 Å². The fourth-order valence-corrected chi connectivity index (χ4v) is 2.42. The second-order valence-corrected chi connectivity index (χ2v) is 5.46. The van der Waals surface area contributed by atoms with Crippen LogP contribution in [0.4, 0.5) is 24.7 Å². The Balaban J connectivity index is 1.85. The quantitative estimate of drug-likeness (QED) is 0.720. The van der Waals surface area contributed by atoms with Crippen molar-refractivity contribution in [3.8, 4) is 17.5 Å². The van der Waals surface area contributed by atoms with Gasteiger partial charge in [0.2, 0.25) is 0 Å². The van der Waals surface area contributed by atoms with E-state index in [1.807, 2.05) is 0 Å². The molecule has 0 radical (unpaired) electrons. The van der Waals surface area contributed by atoms with Crippen LogP contribution in [0.2, 0.25) is 0 Å². The average molecular weight is 358 g/mol. The lowest BCUT2D eigenvalue weighted by atomic mass is 10.1. The fraction of sp³-hybridized carbons (Fsp3) is 0.111. The van der Waals surface area contributed by atoms with E-state index in [1.54, 1.807) is 12.1 Å². The van der Waals surface area contributed by atoms with E-state index in [-0.39, 0.29) is 17.9 Å². The van der Waals surface area contributed by atoms with Crippen LogP contribution in [0.1, 0.15) is 16.7 Å². The molecule has 0 aliphatic heterocycles. The van der Waals surface area contributed by atoms with Crippen LogP contribution in [0.15, 0.2) is 53.1 Å². The molecule has 8 heteroatoms. The highest BCUT2D eigenvalue weighted by atomic mass is 19.4. The van der Waals surface area contributed by atoms with Crippen molar-refractivity contribution in [1.29, 1.82) is 5.26 Å².